The number of nitrogens with zero attached hydrogens (tertiary/aromatic N) is 1. The molecule has 2 aliphatic rings. The molecule has 161 valence electrons. The Kier molecular flexibility index (Phi) is 5.25. The summed E-state index contributed by atoms with van der Waals surface area (Å²) in [6, 6.07) is 6.95. The van der Waals surface area contributed by atoms with Crippen LogP contribution >= 0.6 is 0 Å². The molecule has 0 saturated heterocycles. The molecule has 30 heavy (non-hydrogen) atoms. The maximum absolute atomic E-state index is 4.36. The van der Waals surface area contributed by atoms with E-state index in [4.69, 9.17) is 0 Å². The van der Waals surface area contributed by atoms with Crippen LogP contribution in [-0.2, 0) is 0 Å². The number of aromatic nitrogens is 1. The second kappa shape index (κ2) is 7.60. The van der Waals surface area contributed by atoms with E-state index in [0.29, 0.717) is 0 Å². The molecule has 1 fully saturated rings. The molecule has 0 bridgehead atoms. The van der Waals surface area contributed by atoms with Gasteiger partial charge in [-0.15, -0.1) is 0 Å². The van der Waals surface area contributed by atoms with Gasteiger partial charge in [-0.2, -0.15) is 0 Å². The van der Waals surface area contributed by atoms with Gasteiger partial charge < -0.3 is 25.8 Å². The largest absolute Gasteiger partial charge is 0.388 e. The van der Waals surface area contributed by atoms with Gasteiger partial charge in [0, 0.05) is 66.6 Å². The molecule has 1 saturated carbocycles. The van der Waals surface area contributed by atoms with E-state index in [1.807, 2.05) is 21.1 Å². The molecule has 1 aliphatic carbocycles. The van der Waals surface area contributed by atoms with E-state index in [1.54, 1.807) is 0 Å². The Balaban J connectivity index is 1.91. The van der Waals surface area contributed by atoms with Crippen LogP contribution in [0.2, 0.25) is 0 Å². The number of anilines is 4. The van der Waals surface area contributed by atoms with Crippen LogP contribution in [0, 0.1) is 19.8 Å². The molecule has 4 N–H and O–H groups in total. The number of fused-ring (bicyclic) bond motifs is 1. The number of benzene rings is 1. The SMILES string of the molecule is [CH2]CC(C)(C1CC1)N1c2cc(C)[nH]c2C(c2c(NC)cc(NC)cc2NC)=CC1C. The number of aryl methyl sites for hydroxylation is 1. The molecule has 1 aliphatic heterocycles. The van der Waals surface area contributed by atoms with Gasteiger partial charge in [-0.1, -0.05) is 13.0 Å². The Morgan fingerprint density at radius 1 is 1.10 bits per heavy atom. The Bertz CT molecular complexity index is 943. The highest BCUT2D eigenvalue weighted by atomic mass is 15.2. The minimum absolute atomic E-state index is 0.0818. The number of H-pyrrole nitrogens is 1. The average molecular weight is 407 g/mol. The van der Waals surface area contributed by atoms with Crippen LogP contribution in [0.4, 0.5) is 22.7 Å². The Morgan fingerprint density at radius 3 is 2.23 bits per heavy atom. The van der Waals surface area contributed by atoms with Gasteiger partial charge in [0.05, 0.1) is 11.4 Å². The van der Waals surface area contributed by atoms with Crippen molar-refractivity contribution < 1.29 is 0 Å². The maximum atomic E-state index is 4.36. The predicted molar refractivity (Wildman–Crippen MR) is 131 cm³/mol. The summed E-state index contributed by atoms with van der Waals surface area (Å²) in [6.45, 7) is 11.2. The van der Waals surface area contributed by atoms with Crippen molar-refractivity contribution in [3.8, 4) is 0 Å². The van der Waals surface area contributed by atoms with Gasteiger partial charge in [-0.05, 0) is 64.2 Å². The predicted octanol–water partition coefficient (Wildman–Crippen LogP) is 5.48. The lowest BCUT2D eigenvalue weighted by Crippen LogP contribution is -2.53. The third kappa shape index (κ3) is 3.15. The van der Waals surface area contributed by atoms with Crippen molar-refractivity contribution in [2.24, 2.45) is 5.92 Å². The molecule has 2 aromatic rings. The van der Waals surface area contributed by atoms with Crippen LogP contribution < -0.4 is 20.9 Å². The maximum Gasteiger partial charge on any atom is 0.0699 e. The zero-order valence-electron chi connectivity index (χ0n) is 19.2. The summed E-state index contributed by atoms with van der Waals surface area (Å²) in [5.74, 6) is 0.728. The van der Waals surface area contributed by atoms with E-state index in [-0.39, 0.29) is 11.6 Å². The summed E-state index contributed by atoms with van der Waals surface area (Å²) in [5.41, 5.74) is 9.54. The summed E-state index contributed by atoms with van der Waals surface area (Å²) in [4.78, 5) is 6.31. The summed E-state index contributed by atoms with van der Waals surface area (Å²) in [5, 5.41) is 10.1. The topological polar surface area (TPSA) is 55.1 Å². The molecule has 5 heteroatoms. The van der Waals surface area contributed by atoms with Crippen LogP contribution in [0.15, 0.2) is 24.3 Å². The van der Waals surface area contributed by atoms with Crippen molar-refractivity contribution >= 4 is 28.3 Å². The Morgan fingerprint density at radius 2 is 1.73 bits per heavy atom. The van der Waals surface area contributed by atoms with Crippen LogP contribution in [0.5, 0.6) is 0 Å². The molecule has 1 aromatic heterocycles. The normalized spacial score (nSPS) is 20.3. The highest BCUT2D eigenvalue weighted by Gasteiger charge is 2.47. The first kappa shape index (κ1) is 20.7. The summed E-state index contributed by atoms with van der Waals surface area (Å²) < 4.78 is 0. The minimum Gasteiger partial charge on any atom is -0.388 e. The molecule has 2 atom stereocenters. The molecule has 0 amide bonds. The van der Waals surface area contributed by atoms with E-state index < -0.39 is 0 Å². The Labute approximate surface area is 181 Å². The monoisotopic (exact) mass is 406 g/mol. The third-order valence-electron chi connectivity index (χ3n) is 7.02. The van der Waals surface area contributed by atoms with Crippen molar-refractivity contribution in [3.63, 3.8) is 0 Å². The van der Waals surface area contributed by atoms with Crippen molar-refractivity contribution in [3.05, 3.63) is 48.2 Å². The lowest BCUT2D eigenvalue weighted by atomic mass is 9.84. The fourth-order valence-corrected chi connectivity index (χ4v) is 5.23. The van der Waals surface area contributed by atoms with E-state index in [1.165, 1.54) is 41.1 Å². The van der Waals surface area contributed by atoms with Crippen molar-refractivity contribution in [1.29, 1.82) is 0 Å². The summed E-state index contributed by atoms with van der Waals surface area (Å²) >= 11 is 0. The molecule has 5 nitrogen and oxygen atoms in total. The van der Waals surface area contributed by atoms with Crippen LogP contribution in [-0.4, -0.2) is 37.7 Å². The zero-order valence-corrected chi connectivity index (χ0v) is 19.2. The molecule has 1 aromatic carbocycles. The highest BCUT2D eigenvalue weighted by Crippen LogP contribution is 2.52. The van der Waals surface area contributed by atoms with Gasteiger partial charge in [0.2, 0.25) is 0 Å². The molecule has 0 spiro atoms. The van der Waals surface area contributed by atoms with Crippen molar-refractivity contribution in [2.45, 2.75) is 51.6 Å². The number of hydrogen-bond acceptors (Lipinski definition) is 4. The zero-order chi connectivity index (χ0) is 21.6. The number of aromatic amines is 1. The van der Waals surface area contributed by atoms with E-state index in [0.717, 1.165) is 29.4 Å². The molecular weight excluding hydrogens is 370 g/mol. The second-order valence-corrected chi connectivity index (χ2v) is 8.98. The quantitative estimate of drug-likeness (QED) is 0.492. The first-order valence-electron chi connectivity index (χ1n) is 11.1. The summed E-state index contributed by atoms with van der Waals surface area (Å²) in [6.07, 6.45) is 5.95. The summed E-state index contributed by atoms with van der Waals surface area (Å²) in [7, 11) is 5.94. The third-order valence-corrected chi connectivity index (χ3v) is 7.02. The van der Waals surface area contributed by atoms with Gasteiger partial charge in [-0.3, -0.25) is 0 Å². The van der Waals surface area contributed by atoms with Crippen LogP contribution in [0.25, 0.3) is 5.57 Å². The van der Waals surface area contributed by atoms with E-state index in [9.17, 15) is 0 Å². The first-order valence-corrected chi connectivity index (χ1v) is 11.1. The van der Waals surface area contributed by atoms with Gasteiger partial charge >= 0.3 is 0 Å². The van der Waals surface area contributed by atoms with E-state index in [2.05, 4.69) is 77.8 Å². The second-order valence-electron chi connectivity index (χ2n) is 8.98. The fourth-order valence-electron chi connectivity index (χ4n) is 5.23. The van der Waals surface area contributed by atoms with Crippen molar-refractivity contribution in [2.75, 3.05) is 42.0 Å². The highest BCUT2D eigenvalue weighted by molar-refractivity contribution is 5.98. The van der Waals surface area contributed by atoms with Gasteiger partial charge in [0.15, 0.2) is 0 Å². The lowest BCUT2D eigenvalue weighted by Gasteiger charge is -2.48. The molecule has 1 radical (unpaired) electrons. The van der Waals surface area contributed by atoms with Gasteiger partial charge in [-0.25, -0.2) is 0 Å². The number of rotatable bonds is 7. The first-order chi connectivity index (χ1) is 14.4. The minimum atomic E-state index is 0.0818. The average Bonchev–Trinajstić information content (AvgIpc) is 3.54. The van der Waals surface area contributed by atoms with Crippen molar-refractivity contribution in [1.82, 2.24) is 4.98 Å². The van der Waals surface area contributed by atoms with Crippen LogP contribution in [0.3, 0.4) is 0 Å². The fraction of sp³-hybridized carbons (Fsp3) is 0.480. The molecule has 2 heterocycles. The molecular formula is C25H36N5. The number of nitrogens with one attached hydrogen (secondary N) is 4. The Hall–Kier alpha value is -2.56. The van der Waals surface area contributed by atoms with Gasteiger partial charge in [0.25, 0.3) is 0 Å². The molecule has 2 unspecified atom stereocenters. The van der Waals surface area contributed by atoms with Crippen LogP contribution in [0.1, 0.15) is 50.1 Å². The molecule has 4 rings (SSSR count). The lowest BCUT2D eigenvalue weighted by molar-refractivity contribution is 0.357. The standard InChI is InChI=1S/C25H36N5/c1-8-25(4,17-9-10-17)30-16(3)12-19(24-22(30)11-15(2)29-24)23-20(27-6)13-18(26-5)14-21(23)28-7/h11-14,16-17,26-29H,1,8-10H2,2-7H3. The number of hydrogen-bond donors (Lipinski definition) is 4. The van der Waals surface area contributed by atoms with Gasteiger partial charge in [0.1, 0.15) is 0 Å². The smallest absolute Gasteiger partial charge is 0.0699 e. The van der Waals surface area contributed by atoms with E-state index >= 15 is 0 Å².